The van der Waals surface area contributed by atoms with E-state index in [4.69, 9.17) is 34.8 Å². The van der Waals surface area contributed by atoms with Crippen molar-refractivity contribution in [2.45, 2.75) is 52.6 Å². The number of aryl methyl sites for hydroxylation is 1. The van der Waals surface area contributed by atoms with Crippen molar-refractivity contribution in [1.82, 2.24) is 10.2 Å². The quantitative estimate of drug-likeness (QED) is 0.440. The van der Waals surface area contributed by atoms with Gasteiger partial charge in [-0.2, -0.15) is 0 Å². The van der Waals surface area contributed by atoms with E-state index < -0.39 is 6.04 Å². The maximum absolute atomic E-state index is 13.3. The van der Waals surface area contributed by atoms with Crippen LogP contribution < -0.4 is 5.32 Å². The van der Waals surface area contributed by atoms with Crippen LogP contribution in [0.3, 0.4) is 0 Å². The summed E-state index contributed by atoms with van der Waals surface area (Å²) in [5.41, 5.74) is 1.53. The number of carbonyl (C=O) groups excluding carboxylic acids is 2. The molecule has 0 aromatic heterocycles. The maximum atomic E-state index is 13.3. The van der Waals surface area contributed by atoms with Gasteiger partial charge in [0.1, 0.15) is 6.04 Å². The molecule has 2 aromatic rings. The van der Waals surface area contributed by atoms with Crippen LogP contribution in [0.15, 0.2) is 42.5 Å². The number of rotatable bonds is 10. The molecule has 0 fully saturated rings. The number of hydrogen-bond donors (Lipinski definition) is 1. The Labute approximate surface area is 199 Å². The highest BCUT2D eigenvalue weighted by Crippen LogP contribution is 2.27. The van der Waals surface area contributed by atoms with E-state index in [9.17, 15) is 9.59 Å². The zero-order valence-electron chi connectivity index (χ0n) is 18.1. The molecule has 0 aliphatic rings. The van der Waals surface area contributed by atoms with Gasteiger partial charge in [0, 0.05) is 40.1 Å². The lowest BCUT2D eigenvalue weighted by Crippen LogP contribution is -2.49. The first-order valence-corrected chi connectivity index (χ1v) is 11.6. The molecular formula is C24H29Cl3N2O2. The van der Waals surface area contributed by atoms with Gasteiger partial charge in [-0.3, -0.25) is 9.59 Å². The number of nitrogens with one attached hydrogen (secondary N) is 1. The number of halogens is 3. The number of amides is 2. The lowest BCUT2D eigenvalue weighted by molar-refractivity contribution is -0.141. The Balaban J connectivity index is 2.28. The van der Waals surface area contributed by atoms with Crippen LogP contribution in [0.1, 0.15) is 44.7 Å². The first-order chi connectivity index (χ1) is 14.7. The second kappa shape index (κ2) is 12.3. The van der Waals surface area contributed by atoms with Gasteiger partial charge in [-0.1, -0.05) is 79.8 Å². The van der Waals surface area contributed by atoms with Crippen molar-refractivity contribution in [3.63, 3.8) is 0 Å². The lowest BCUT2D eigenvalue weighted by atomic mass is 10.1. The van der Waals surface area contributed by atoms with Crippen LogP contribution >= 0.6 is 34.8 Å². The summed E-state index contributed by atoms with van der Waals surface area (Å²) >= 11 is 19.0. The molecule has 2 amide bonds. The highest BCUT2D eigenvalue weighted by Gasteiger charge is 2.29. The van der Waals surface area contributed by atoms with Crippen molar-refractivity contribution in [2.24, 2.45) is 5.92 Å². The standard InChI is InChI=1S/C24H29Cl3N2O2/c1-4-22(24(31)28-14-16(2)3)29(15-18-20(26)10-7-11-21(18)27)23(30)13-12-17-8-5-6-9-19(17)25/h5-11,16,22H,4,12-15H2,1-3H3,(H,28,31). The summed E-state index contributed by atoms with van der Waals surface area (Å²) in [4.78, 5) is 27.8. The fourth-order valence-electron chi connectivity index (χ4n) is 3.28. The molecule has 4 nitrogen and oxygen atoms in total. The summed E-state index contributed by atoms with van der Waals surface area (Å²) in [5.74, 6) is -0.0169. The highest BCUT2D eigenvalue weighted by molar-refractivity contribution is 6.36. The van der Waals surface area contributed by atoms with Gasteiger partial charge in [-0.25, -0.2) is 0 Å². The third-order valence-corrected chi connectivity index (χ3v) is 6.10. The molecule has 2 rings (SSSR count). The molecule has 0 saturated carbocycles. The van der Waals surface area contributed by atoms with Gasteiger partial charge in [-0.05, 0) is 42.5 Å². The van der Waals surface area contributed by atoms with E-state index >= 15 is 0 Å². The van der Waals surface area contributed by atoms with Crippen LogP contribution in [0, 0.1) is 5.92 Å². The predicted molar refractivity (Wildman–Crippen MR) is 129 cm³/mol. The summed E-state index contributed by atoms with van der Waals surface area (Å²) in [7, 11) is 0. The molecular weight excluding hydrogens is 455 g/mol. The van der Waals surface area contributed by atoms with Crippen molar-refractivity contribution in [2.75, 3.05) is 6.54 Å². The van der Waals surface area contributed by atoms with Crippen molar-refractivity contribution in [3.8, 4) is 0 Å². The zero-order chi connectivity index (χ0) is 23.0. The second-order valence-corrected chi connectivity index (χ2v) is 9.10. The number of benzene rings is 2. The molecule has 0 saturated heterocycles. The minimum atomic E-state index is -0.621. The molecule has 0 bridgehead atoms. The van der Waals surface area contributed by atoms with Crippen LogP contribution in [-0.4, -0.2) is 29.3 Å². The van der Waals surface area contributed by atoms with Crippen molar-refractivity contribution in [3.05, 3.63) is 68.7 Å². The second-order valence-electron chi connectivity index (χ2n) is 7.88. The Kier molecular flexibility index (Phi) is 10.1. The van der Waals surface area contributed by atoms with E-state index in [-0.39, 0.29) is 24.8 Å². The van der Waals surface area contributed by atoms with Gasteiger partial charge in [0.15, 0.2) is 0 Å². The summed E-state index contributed by atoms with van der Waals surface area (Å²) in [6.45, 7) is 6.65. The van der Waals surface area contributed by atoms with Crippen LogP contribution in [0.25, 0.3) is 0 Å². The minimum Gasteiger partial charge on any atom is -0.354 e. The molecule has 0 aliphatic carbocycles. The van der Waals surface area contributed by atoms with Crippen LogP contribution in [0.2, 0.25) is 15.1 Å². The molecule has 7 heteroatoms. The average Bonchev–Trinajstić information content (AvgIpc) is 2.73. The SMILES string of the molecule is CCC(C(=O)NCC(C)C)N(Cc1c(Cl)cccc1Cl)C(=O)CCc1ccccc1Cl. The highest BCUT2D eigenvalue weighted by atomic mass is 35.5. The Morgan fingerprint density at radius 3 is 2.16 bits per heavy atom. The largest absolute Gasteiger partial charge is 0.354 e. The molecule has 2 aromatic carbocycles. The van der Waals surface area contributed by atoms with E-state index in [1.807, 2.05) is 39.0 Å². The van der Waals surface area contributed by atoms with E-state index in [2.05, 4.69) is 5.32 Å². The third kappa shape index (κ3) is 7.41. The number of nitrogens with zero attached hydrogens (tertiary/aromatic N) is 1. The van der Waals surface area contributed by atoms with Gasteiger partial charge < -0.3 is 10.2 Å². The maximum Gasteiger partial charge on any atom is 0.242 e. The Morgan fingerprint density at radius 2 is 1.58 bits per heavy atom. The topological polar surface area (TPSA) is 49.4 Å². The van der Waals surface area contributed by atoms with Gasteiger partial charge in [0.2, 0.25) is 11.8 Å². The summed E-state index contributed by atoms with van der Waals surface area (Å²) < 4.78 is 0. The molecule has 0 heterocycles. The molecule has 168 valence electrons. The summed E-state index contributed by atoms with van der Waals surface area (Å²) in [6.07, 6.45) is 1.18. The number of carbonyl (C=O) groups is 2. The Morgan fingerprint density at radius 1 is 0.968 bits per heavy atom. The van der Waals surface area contributed by atoms with Crippen LogP contribution in [-0.2, 0) is 22.6 Å². The van der Waals surface area contributed by atoms with E-state index in [1.54, 1.807) is 29.2 Å². The number of hydrogen-bond acceptors (Lipinski definition) is 2. The third-order valence-electron chi connectivity index (χ3n) is 5.03. The zero-order valence-corrected chi connectivity index (χ0v) is 20.4. The summed E-state index contributed by atoms with van der Waals surface area (Å²) in [5, 5.41) is 4.50. The molecule has 31 heavy (non-hydrogen) atoms. The molecule has 0 spiro atoms. The monoisotopic (exact) mass is 482 g/mol. The first-order valence-electron chi connectivity index (χ1n) is 10.5. The molecule has 0 radical (unpaired) electrons. The fourth-order valence-corrected chi connectivity index (χ4v) is 4.03. The normalized spacial score (nSPS) is 12.0. The minimum absolute atomic E-state index is 0.151. The fraction of sp³-hybridized carbons (Fsp3) is 0.417. The van der Waals surface area contributed by atoms with Gasteiger partial charge in [0.25, 0.3) is 0 Å². The molecule has 1 unspecified atom stereocenters. The van der Waals surface area contributed by atoms with Crippen LogP contribution in [0.5, 0.6) is 0 Å². The smallest absolute Gasteiger partial charge is 0.242 e. The van der Waals surface area contributed by atoms with E-state index in [0.717, 1.165) is 5.56 Å². The molecule has 0 aliphatic heterocycles. The molecule has 1 atom stereocenters. The van der Waals surface area contributed by atoms with Crippen molar-refractivity contribution >= 4 is 46.6 Å². The Bertz CT molecular complexity index is 882. The van der Waals surface area contributed by atoms with E-state index in [0.29, 0.717) is 45.9 Å². The van der Waals surface area contributed by atoms with Crippen molar-refractivity contribution in [1.29, 1.82) is 0 Å². The molecule has 1 N–H and O–H groups in total. The van der Waals surface area contributed by atoms with Gasteiger partial charge in [0.05, 0.1) is 0 Å². The average molecular weight is 484 g/mol. The summed E-state index contributed by atoms with van der Waals surface area (Å²) in [6, 6.07) is 12.0. The predicted octanol–water partition coefficient (Wildman–Crippen LogP) is 6.16. The Hall–Kier alpha value is -1.75. The lowest BCUT2D eigenvalue weighted by Gasteiger charge is -2.31. The van der Waals surface area contributed by atoms with E-state index in [1.165, 1.54) is 0 Å². The van der Waals surface area contributed by atoms with Gasteiger partial charge in [-0.15, -0.1) is 0 Å². The first kappa shape index (κ1) is 25.5. The van der Waals surface area contributed by atoms with Crippen LogP contribution in [0.4, 0.5) is 0 Å². The van der Waals surface area contributed by atoms with Gasteiger partial charge >= 0.3 is 0 Å². The van der Waals surface area contributed by atoms with Crippen molar-refractivity contribution < 1.29 is 9.59 Å².